The van der Waals surface area contributed by atoms with Gasteiger partial charge < -0.3 is 5.32 Å². The fourth-order valence-corrected chi connectivity index (χ4v) is 2.30. The normalized spacial score (nSPS) is 25.6. The molecule has 1 fully saturated rings. The van der Waals surface area contributed by atoms with E-state index in [1.807, 2.05) is 12.1 Å². The third-order valence-corrected chi connectivity index (χ3v) is 3.46. The average Bonchev–Trinajstić information content (AvgIpc) is 2.30. The van der Waals surface area contributed by atoms with Gasteiger partial charge in [-0.25, -0.2) is 4.39 Å². The minimum Gasteiger partial charge on any atom is -0.314 e. The summed E-state index contributed by atoms with van der Waals surface area (Å²) in [6.45, 7) is 3.44. The van der Waals surface area contributed by atoms with Gasteiger partial charge in [-0.15, -0.1) is 0 Å². The fourth-order valence-electron chi connectivity index (χ4n) is 2.30. The highest BCUT2D eigenvalue weighted by Gasteiger charge is 2.16. The van der Waals surface area contributed by atoms with Crippen LogP contribution in [-0.4, -0.2) is 12.6 Å². The van der Waals surface area contributed by atoms with E-state index in [9.17, 15) is 4.39 Å². The Hall–Kier alpha value is -0.890. The smallest absolute Gasteiger partial charge is 0.123 e. The number of halogens is 1. The lowest BCUT2D eigenvalue weighted by Crippen LogP contribution is -2.38. The Balaban J connectivity index is 1.77. The predicted molar refractivity (Wildman–Crippen MR) is 64.9 cm³/mol. The monoisotopic (exact) mass is 221 g/mol. The number of hydrogen-bond acceptors (Lipinski definition) is 1. The quantitative estimate of drug-likeness (QED) is 0.826. The van der Waals surface area contributed by atoms with Gasteiger partial charge in [0.1, 0.15) is 5.82 Å². The van der Waals surface area contributed by atoms with Crippen LogP contribution in [-0.2, 0) is 6.42 Å². The van der Waals surface area contributed by atoms with Crippen molar-refractivity contribution in [2.75, 3.05) is 6.54 Å². The zero-order valence-corrected chi connectivity index (χ0v) is 9.88. The maximum absolute atomic E-state index is 12.7. The zero-order chi connectivity index (χ0) is 11.4. The second-order valence-electron chi connectivity index (χ2n) is 4.95. The molecule has 2 heteroatoms. The average molecular weight is 221 g/mol. The van der Waals surface area contributed by atoms with Crippen molar-refractivity contribution in [3.8, 4) is 0 Å². The molecule has 1 nitrogen and oxygen atoms in total. The molecule has 1 aromatic rings. The Morgan fingerprint density at radius 3 is 2.62 bits per heavy atom. The number of benzene rings is 1. The maximum atomic E-state index is 12.7. The SMILES string of the molecule is CC1CCC(CCc2ccc(F)cc2)NC1. The summed E-state index contributed by atoms with van der Waals surface area (Å²) in [6.07, 6.45) is 4.83. The van der Waals surface area contributed by atoms with Gasteiger partial charge in [0.2, 0.25) is 0 Å². The molecule has 1 N–H and O–H groups in total. The minimum absolute atomic E-state index is 0.145. The van der Waals surface area contributed by atoms with E-state index in [0.29, 0.717) is 6.04 Å². The van der Waals surface area contributed by atoms with Crippen LogP contribution in [0.25, 0.3) is 0 Å². The largest absolute Gasteiger partial charge is 0.314 e. The van der Waals surface area contributed by atoms with Crippen molar-refractivity contribution >= 4 is 0 Å². The first kappa shape index (κ1) is 11.6. The van der Waals surface area contributed by atoms with Crippen molar-refractivity contribution in [2.45, 2.75) is 38.6 Å². The Morgan fingerprint density at radius 1 is 1.25 bits per heavy atom. The molecule has 1 heterocycles. The van der Waals surface area contributed by atoms with Crippen molar-refractivity contribution in [3.05, 3.63) is 35.6 Å². The van der Waals surface area contributed by atoms with Gasteiger partial charge in [-0.3, -0.25) is 0 Å². The van der Waals surface area contributed by atoms with Gasteiger partial charge in [0.15, 0.2) is 0 Å². The summed E-state index contributed by atoms with van der Waals surface area (Å²) in [7, 11) is 0. The third kappa shape index (κ3) is 3.31. The summed E-state index contributed by atoms with van der Waals surface area (Å²) in [5, 5.41) is 3.58. The Bertz CT molecular complexity index is 312. The highest BCUT2D eigenvalue weighted by molar-refractivity contribution is 5.16. The van der Waals surface area contributed by atoms with Gasteiger partial charge in [0, 0.05) is 6.04 Å². The Kier molecular flexibility index (Phi) is 3.94. The first-order valence-corrected chi connectivity index (χ1v) is 6.22. The van der Waals surface area contributed by atoms with Gasteiger partial charge >= 0.3 is 0 Å². The summed E-state index contributed by atoms with van der Waals surface area (Å²) in [4.78, 5) is 0. The van der Waals surface area contributed by atoms with Gasteiger partial charge in [-0.1, -0.05) is 19.1 Å². The van der Waals surface area contributed by atoms with Crippen LogP contribution in [0.5, 0.6) is 0 Å². The van der Waals surface area contributed by atoms with E-state index in [1.165, 1.54) is 24.8 Å². The Labute approximate surface area is 97.1 Å². The molecule has 2 unspecified atom stereocenters. The molecule has 1 aliphatic rings. The summed E-state index contributed by atoms with van der Waals surface area (Å²) in [5.74, 6) is 0.676. The topological polar surface area (TPSA) is 12.0 Å². The second-order valence-corrected chi connectivity index (χ2v) is 4.95. The van der Waals surface area contributed by atoms with Crippen LogP contribution in [0.4, 0.5) is 4.39 Å². The predicted octanol–water partition coefficient (Wildman–Crippen LogP) is 3.15. The number of aryl methyl sites for hydroxylation is 1. The van der Waals surface area contributed by atoms with E-state index in [4.69, 9.17) is 0 Å². The van der Waals surface area contributed by atoms with Crippen molar-refractivity contribution in [2.24, 2.45) is 5.92 Å². The maximum Gasteiger partial charge on any atom is 0.123 e. The molecule has 0 saturated carbocycles. The summed E-state index contributed by atoms with van der Waals surface area (Å²) in [6, 6.07) is 7.53. The lowest BCUT2D eigenvalue weighted by atomic mass is 9.93. The number of hydrogen-bond donors (Lipinski definition) is 1. The van der Waals surface area contributed by atoms with Crippen LogP contribution in [0, 0.1) is 11.7 Å². The van der Waals surface area contributed by atoms with Crippen LogP contribution in [0.15, 0.2) is 24.3 Å². The molecule has 2 rings (SSSR count). The highest BCUT2D eigenvalue weighted by atomic mass is 19.1. The standard InChI is InChI=1S/C14H20FN/c1-11-2-8-14(16-10-11)9-5-12-3-6-13(15)7-4-12/h3-4,6-7,11,14,16H,2,5,8-10H2,1H3. The molecule has 0 aromatic heterocycles. The van der Waals surface area contributed by atoms with Crippen LogP contribution in [0.1, 0.15) is 31.7 Å². The van der Waals surface area contributed by atoms with Crippen LogP contribution in [0.3, 0.4) is 0 Å². The van der Waals surface area contributed by atoms with Crippen LogP contribution >= 0.6 is 0 Å². The molecule has 1 saturated heterocycles. The summed E-state index contributed by atoms with van der Waals surface area (Å²) < 4.78 is 12.7. The number of rotatable bonds is 3. The lowest BCUT2D eigenvalue weighted by molar-refractivity contribution is 0.316. The number of nitrogens with one attached hydrogen (secondary N) is 1. The Morgan fingerprint density at radius 2 is 2.00 bits per heavy atom. The molecule has 0 bridgehead atoms. The molecule has 88 valence electrons. The molecule has 0 radical (unpaired) electrons. The van der Waals surface area contributed by atoms with Crippen molar-refractivity contribution < 1.29 is 4.39 Å². The van der Waals surface area contributed by atoms with Gasteiger partial charge in [-0.2, -0.15) is 0 Å². The highest BCUT2D eigenvalue weighted by Crippen LogP contribution is 2.17. The minimum atomic E-state index is -0.145. The molecule has 1 aliphatic heterocycles. The van der Waals surface area contributed by atoms with Crippen molar-refractivity contribution in [1.29, 1.82) is 0 Å². The molecular formula is C14H20FN. The van der Waals surface area contributed by atoms with Crippen LogP contribution < -0.4 is 5.32 Å². The second kappa shape index (κ2) is 5.44. The molecule has 0 aliphatic carbocycles. The van der Waals surface area contributed by atoms with Gasteiger partial charge in [0.25, 0.3) is 0 Å². The molecule has 0 amide bonds. The number of piperidine rings is 1. The molecular weight excluding hydrogens is 201 g/mol. The molecule has 1 aromatic carbocycles. The van der Waals surface area contributed by atoms with Crippen molar-refractivity contribution in [3.63, 3.8) is 0 Å². The van der Waals surface area contributed by atoms with Crippen molar-refractivity contribution in [1.82, 2.24) is 5.32 Å². The molecule has 16 heavy (non-hydrogen) atoms. The van der Waals surface area contributed by atoms with Gasteiger partial charge in [-0.05, 0) is 55.8 Å². The fraction of sp³-hybridized carbons (Fsp3) is 0.571. The first-order chi connectivity index (χ1) is 7.74. The third-order valence-electron chi connectivity index (χ3n) is 3.46. The molecule has 0 spiro atoms. The van der Waals surface area contributed by atoms with E-state index in [1.54, 1.807) is 12.1 Å². The van der Waals surface area contributed by atoms with Gasteiger partial charge in [0.05, 0.1) is 0 Å². The lowest BCUT2D eigenvalue weighted by Gasteiger charge is -2.27. The van der Waals surface area contributed by atoms with E-state index >= 15 is 0 Å². The van der Waals surface area contributed by atoms with Crippen LogP contribution in [0.2, 0.25) is 0 Å². The first-order valence-electron chi connectivity index (χ1n) is 6.22. The zero-order valence-electron chi connectivity index (χ0n) is 9.88. The molecule has 2 atom stereocenters. The van der Waals surface area contributed by atoms with E-state index in [-0.39, 0.29) is 5.82 Å². The van der Waals surface area contributed by atoms with E-state index in [0.717, 1.165) is 18.9 Å². The summed E-state index contributed by atoms with van der Waals surface area (Å²) in [5.41, 5.74) is 1.24. The van der Waals surface area contributed by atoms with E-state index < -0.39 is 0 Å². The van der Waals surface area contributed by atoms with E-state index in [2.05, 4.69) is 12.2 Å². The summed E-state index contributed by atoms with van der Waals surface area (Å²) >= 11 is 0.